The summed E-state index contributed by atoms with van der Waals surface area (Å²) >= 11 is 0. The van der Waals surface area contributed by atoms with Crippen LogP contribution in [-0.4, -0.2) is 29.2 Å². The Labute approximate surface area is 104 Å². The average Bonchev–Trinajstić information content (AvgIpc) is 2.67. The van der Waals surface area contributed by atoms with Crippen molar-refractivity contribution in [2.45, 2.75) is 19.4 Å². The second-order valence-electron chi connectivity index (χ2n) is 3.99. The molecule has 1 fully saturated rings. The van der Waals surface area contributed by atoms with Gasteiger partial charge in [0.1, 0.15) is 0 Å². The predicted octanol–water partition coefficient (Wildman–Crippen LogP) is 1.69. The van der Waals surface area contributed by atoms with Gasteiger partial charge in [-0.1, -0.05) is 37.3 Å². The molecule has 0 radical (unpaired) electrons. The van der Waals surface area contributed by atoms with E-state index in [0.29, 0.717) is 5.56 Å². The van der Waals surface area contributed by atoms with E-state index in [9.17, 15) is 14.4 Å². The van der Waals surface area contributed by atoms with Crippen LogP contribution in [0.2, 0.25) is 0 Å². The van der Waals surface area contributed by atoms with Crippen LogP contribution in [0.15, 0.2) is 30.3 Å². The highest BCUT2D eigenvalue weighted by molar-refractivity contribution is 6.03. The Hall–Kier alpha value is -2.17. The second-order valence-corrected chi connectivity index (χ2v) is 3.99. The summed E-state index contributed by atoms with van der Waals surface area (Å²) < 4.78 is 5.00. The van der Waals surface area contributed by atoms with Gasteiger partial charge in [-0.05, 0) is 0 Å². The van der Waals surface area contributed by atoms with Crippen LogP contribution in [0.3, 0.4) is 0 Å². The Morgan fingerprint density at radius 3 is 2.56 bits per heavy atom. The van der Waals surface area contributed by atoms with Gasteiger partial charge < -0.3 is 4.74 Å². The first kappa shape index (κ1) is 12.3. The minimum Gasteiger partial charge on any atom is -0.431 e. The first-order valence-corrected chi connectivity index (χ1v) is 5.72. The fourth-order valence-electron chi connectivity index (χ4n) is 1.72. The van der Waals surface area contributed by atoms with Crippen LogP contribution in [0.5, 0.6) is 0 Å². The Morgan fingerprint density at radius 1 is 1.28 bits per heavy atom. The van der Waals surface area contributed by atoms with E-state index >= 15 is 0 Å². The van der Waals surface area contributed by atoms with Gasteiger partial charge in [-0.25, -0.2) is 9.69 Å². The fraction of sp³-hybridized carbons (Fsp3) is 0.308. The largest absolute Gasteiger partial charge is 0.431 e. The summed E-state index contributed by atoms with van der Waals surface area (Å²) in [6, 6.07) is 8.75. The van der Waals surface area contributed by atoms with Gasteiger partial charge in [-0.15, -0.1) is 0 Å². The zero-order chi connectivity index (χ0) is 13.1. The monoisotopic (exact) mass is 247 g/mol. The quantitative estimate of drug-likeness (QED) is 0.812. The maximum atomic E-state index is 12.0. The summed E-state index contributed by atoms with van der Waals surface area (Å²) in [5, 5.41) is 0. The molecule has 1 atom stereocenters. The Balaban J connectivity index is 2.17. The molecule has 0 aromatic heterocycles. The van der Waals surface area contributed by atoms with E-state index in [-0.39, 0.29) is 18.7 Å². The number of carbonyl (C=O) groups is 3. The molecular weight excluding hydrogens is 234 g/mol. The normalized spacial score (nSPS) is 18.9. The molecule has 1 unspecified atom stereocenters. The van der Waals surface area contributed by atoms with Crippen LogP contribution in [0.4, 0.5) is 4.79 Å². The molecule has 2 amide bonds. The standard InChI is InChI=1S/C13H13NO4/c1-2-10(15)8-14-12(16)11(18-13(14)17)9-6-4-3-5-7-9/h3-7,11H,2,8H2,1H3. The number of Topliss-reactive ketones (excluding diaryl/α,β-unsaturated/α-hetero) is 1. The molecule has 1 saturated heterocycles. The fourth-order valence-corrected chi connectivity index (χ4v) is 1.72. The molecule has 0 saturated carbocycles. The van der Waals surface area contributed by atoms with Crippen LogP contribution in [0.1, 0.15) is 25.0 Å². The maximum Gasteiger partial charge on any atom is 0.418 e. The van der Waals surface area contributed by atoms with Crippen LogP contribution < -0.4 is 0 Å². The number of hydrogen-bond donors (Lipinski definition) is 0. The molecule has 0 bridgehead atoms. The number of imide groups is 1. The lowest BCUT2D eigenvalue weighted by Crippen LogP contribution is -2.34. The van der Waals surface area contributed by atoms with E-state index < -0.39 is 18.1 Å². The lowest BCUT2D eigenvalue weighted by Gasteiger charge is -2.09. The molecule has 1 aliphatic rings. The Bertz CT molecular complexity index is 483. The van der Waals surface area contributed by atoms with Crippen LogP contribution in [-0.2, 0) is 14.3 Å². The minimum absolute atomic E-state index is 0.172. The number of ketones is 1. The van der Waals surface area contributed by atoms with Gasteiger partial charge in [0, 0.05) is 12.0 Å². The third kappa shape index (κ3) is 2.25. The van der Waals surface area contributed by atoms with Crippen LogP contribution >= 0.6 is 0 Å². The first-order chi connectivity index (χ1) is 8.63. The van der Waals surface area contributed by atoms with Crippen molar-refractivity contribution < 1.29 is 19.1 Å². The average molecular weight is 247 g/mol. The van der Waals surface area contributed by atoms with Crippen LogP contribution in [0, 0.1) is 0 Å². The van der Waals surface area contributed by atoms with E-state index in [1.807, 2.05) is 6.07 Å². The van der Waals surface area contributed by atoms with Crippen molar-refractivity contribution in [2.24, 2.45) is 0 Å². The zero-order valence-corrected chi connectivity index (χ0v) is 9.96. The van der Waals surface area contributed by atoms with Gasteiger partial charge in [0.25, 0.3) is 5.91 Å². The van der Waals surface area contributed by atoms with Gasteiger partial charge in [-0.3, -0.25) is 9.59 Å². The number of hydrogen-bond acceptors (Lipinski definition) is 4. The molecule has 1 aromatic rings. The third-order valence-electron chi connectivity index (χ3n) is 2.76. The lowest BCUT2D eigenvalue weighted by molar-refractivity contribution is -0.133. The highest BCUT2D eigenvalue weighted by Gasteiger charge is 2.41. The SMILES string of the molecule is CCC(=O)CN1C(=O)OC(c2ccccc2)C1=O. The molecular formula is C13H13NO4. The van der Waals surface area contributed by atoms with Crippen molar-refractivity contribution in [3.8, 4) is 0 Å². The lowest BCUT2D eigenvalue weighted by atomic mass is 10.1. The van der Waals surface area contributed by atoms with E-state index in [1.165, 1.54) is 0 Å². The molecule has 18 heavy (non-hydrogen) atoms. The highest BCUT2D eigenvalue weighted by atomic mass is 16.6. The summed E-state index contributed by atoms with van der Waals surface area (Å²) in [5.74, 6) is -0.651. The van der Waals surface area contributed by atoms with Crippen LogP contribution in [0.25, 0.3) is 0 Å². The van der Waals surface area contributed by atoms with Gasteiger partial charge >= 0.3 is 6.09 Å². The van der Waals surface area contributed by atoms with Crippen molar-refractivity contribution in [1.82, 2.24) is 4.90 Å². The van der Waals surface area contributed by atoms with E-state index in [0.717, 1.165) is 4.90 Å². The number of cyclic esters (lactones) is 1. The minimum atomic E-state index is -0.927. The molecule has 5 heteroatoms. The predicted molar refractivity (Wildman–Crippen MR) is 62.7 cm³/mol. The van der Waals surface area contributed by atoms with E-state index in [4.69, 9.17) is 4.74 Å². The third-order valence-corrected chi connectivity index (χ3v) is 2.76. The van der Waals surface area contributed by atoms with Crippen molar-refractivity contribution in [1.29, 1.82) is 0 Å². The second kappa shape index (κ2) is 5.00. The molecule has 2 rings (SSSR count). The molecule has 0 N–H and O–H groups in total. The van der Waals surface area contributed by atoms with Crippen molar-refractivity contribution in [3.63, 3.8) is 0 Å². The molecule has 5 nitrogen and oxygen atoms in total. The van der Waals surface area contributed by atoms with Gasteiger partial charge in [0.15, 0.2) is 5.78 Å². The summed E-state index contributed by atoms with van der Waals surface area (Å²) in [6.07, 6.45) is -1.40. The number of rotatable bonds is 4. The topological polar surface area (TPSA) is 63.7 Å². The number of nitrogens with zero attached hydrogens (tertiary/aromatic N) is 1. The first-order valence-electron chi connectivity index (χ1n) is 5.72. The Morgan fingerprint density at radius 2 is 1.94 bits per heavy atom. The molecule has 1 aliphatic heterocycles. The van der Waals surface area contributed by atoms with Crippen molar-refractivity contribution >= 4 is 17.8 Å². The van der Waals surface area contributed by atoms with E-state index in [1.54, 1.807) is 31.2 Å². The van der Waals surface area contributed by atoms with Crippen molar-refractivity contribution in [3.05, 3.63) is 35.9 Å². The molecule has 0 spiro atoms. The highest BCUT2D eigenvalue weighted by Crippen LogP contribution is 2.27. The number of benzene rings is 1. The van der Waals surface area contributed by atoms with Crippen molar-refractivity contribution in [2.75, 3.05) is 6.54 Å². The molecule has 1 heterocycles. The smallest absolute Gasteiger partial charge is 0.418 e. The summed E-state index contributed by atoms with van der Waals surface area (Å²) in [7, 11) is 0. The van der Waals surface area contributed by atoms with Gasteiger partial charge in [-0.2, -0.15) is 0 Å². The summed E-state index contributed by atoms with van der Waals surface area (Å²) in [4.78, 5) is 35.7. The number of amides is 2. The number of ether oxygens (including phenoxy) is 1. The number of carbonyl (C=O) groups excluding carboxylic acids is 3. The molecule has 0 aliphatic carbocycles. The van der Waals surface area contributed by atoms with E-state index in [2.05, 4.69) is 0 Å². The molecule has 1 aromatic carbocycles. The molecule has 94 valence electrons. The summed E-state index contributed by atoms with van der Waals surface area (Å²) in [6.45, 7) is 1.47. The van der Waals surface area contributed by atoms with Gasteiger partial charge in [0.2, 0.25) is 6.10 Å². The maximum absolute atomic E-state index is 12.0. The van der Waals surface area contributed by atoms with Gasteiger partial charge in [0.05, 0.1) is 6.54 Å². The Kier molecular flexibility index (Phi) is 3.41. The zero-order valence-electron chi connectivity index (χ0n) is 9.96. The summed E-state index contributed by atoms with van der Waals surface area (Å²) in [5.41, 5.74) is 0.613.